The van der Waals surface area contributed by atoms with Gasteiger partial charge in [0.2, 0.25) is 5.91 Å². The number of alkyl halides is 1. The van der Waals surface area contributed by atoms with Crippen LogP contribution in [0.25, 0.3) is 0 Å². The van der Waals surface area contributed by atoms with Gasteiger partial charge in [0.25, 0.3) is 0 Å². The molecule has 2 N–H and O–H groups in total. The SMILES string of the molecule is O=CC1CCC(NC(=O)[C@@H]2C[C@H](F)CN2)CC1. The van der Waals surface area contributed by atoms with Crippen molar-refractivity contribution in [3.8, 4) is 0 Å². The molecule has 4 nitrogen and oxygen atoms in total. The summed E-state index contributed by atoms with van der Waals surface area (Å²) in [6.45, 7) is 0.274. The van der Waals surface area contributed by atoms with Crippen molar-refractivity contribution in [3.05, 3.63) is 0 Å². The van der Waals surface area contributed by atoms with Crippen LogP contribution in [0.5, 0.6) is 0 Å². The monoisotopic (exact) mass is 242 g/mol. The van der Waals surface area contributed by atoms with Crippen LogP contribution >= 0.6 is 0 Å². The van der Waals surface area contributed by atoms with Gasteiger partial charge in [-0.2, -0.15) is 0 Å². The van der Waals surface area contributed by atoms with Gasteiger partial charge in [0.1, 0.15) is 12.5 Å². The molecule has 1 amide bonds. The number of hydrogen-bond donors (Lipinski definition) is 2. The first-order valence-corrected chi connectivity index (χ1v) is 6.32. The lowest BCUT2D eigenvalue weighted by atomic mass is 9.87. The fourth-order valence-corrected chi connectivity index (χ4v) is 2.59. The largest absolute Gasteiger partial charge is 0.352 e. The second kappa shape index (κ2) is 5.58. The Bertz CT molecular complexity index is 290. The van der Waals surface area contributed by atoms with E-state index in [2.05, 4.69) is 10.6 Å². The van der Waals surface area contributed by atoms with Gasteiger partial charge >= 0.3 is 0 Å². The summed E-state index contributed by atoms with van der Waals surface area (Å²) >= 11 is 0. The Morgan fingerprint density at radius 1 is 1.29 bits per heavy atom. The van der Waals surface area contributed by atoms with E-state index >= 15 is 0 Å². The Hall–Kier alpha value is -0.970. The number of aldehydes is 1. The molecule has 0 aromatic rings. The Labute approximate surface area is 100 Å². The summed E-state index contributed by atoms with van der Waals surface area (Å²) in [7, 11) is 0. The van der Waals surface area contributed by atoms with E-state index in [4.69, 9.17) is 0 Å². The summed E-state index contributed by atoms with van der Waals surface area (Å²) in [6, 6.07) is -0.229. The van der Waals surface area contributed by atoms with Crippen molar-refractivity contribution >= 4 is 12.2 Å². The maximum atomic E-state index is 12.9. The molecule has 1 saturated carbocycles. The normalized spacial score (nSPS) is 37.7. The third-order valence-electron chi connectivity index (χ3n) is 3.70. The lowest BCUT2D eigenvalue weighted by Gasteiger charge is -2.27. The molecule has 17 heavy (non-hydrogen) atoms. The van der Waals surface area contributed by atoms with E-state index in [1.165, 1.54) is 0 Å². The zero-order valence-corrected chi connectivity index (χ0v) is 9.82. The van der Waals surface area contributed by atoms with Crippen molar-refractivity contribution in [1.82, 2.24) is 10.6 Å². The third-order valence-corrected chi connectivity index (χ3v) is 3.70. The molecular weight excluding hydrogens is 223 g/mol. The van der Waals surface area contributed by atoms with Gasteiger partial charge in [0.05, 0.1) is 6.04 Å². The van der Waals surface area contributed by atoms with Crippen LogP contribution in [0, 0.1) is 5.92 Å². The van der Waals surface area contributed by atoms with Gasteiger partial charge in [0.15, 0.2) is 0 Å². The number of rotatable bonds is 3. The standard InChI is InChI=1S/C12H19FN2O2/c13-9-5-11(14-6-9)12(17)15-10-3-1-8(7-16)2-4-10/h7-11,14H,1-6H2,(H,15,17)/t8?,9-,10?,11-/m0/s1. The highest BCUT2D eigenvalue weighted by Gasteiger charge is 2.31. The predicted molar refractivity (Wildman–Crippen MR) is 61.3 cm³/mol. The van der Waals surface area contributed by atoms with Crippen LogP contribution < -0.4 is 10.6 Å². The van der Waals surface area contributed by atoms with Crippen molar-refractivity contribution in [2.75, 3.05) is 6.54 Å². The minimum atomic E-state index is -0.906. The van der Waals surface area contributed by atoms with Crippen LogP contribution in [0.2, 0.25) is 0 Å². The third kappa shape index (κ3) is 3.25. The summed E-state index contributed by atoms with van der Waals surface area (Å²) in [5.41, 5.74) is 0. The van der Waals surface area contributed by atoms with Crippen LogP contribution in [0.3, 0.4) is 0 Å². The lowest BCUT2D eigenvalue weighted by molar-refractivity contribution is -0.123. The highest BCUT2D eigenvalue weighted by atomic mass is 19.1. The molecule has 0 radical (unpaired) electrons. The molecule has 0 spiro atoms. The molecule has 0 aromatic carbocycles. The number of carbonyl (C=O) groups excluding carboxylic acids is 2. The van der Waals surface area contributed by atoms with E-state index in [0.29, 0.717) is 0 Å². The molecule has 2 atom stereocenters. The molecular formula is C12H19FN2O2. The van der Waals surface area contributed by atoms with Gasteiger partial charge in [-0.15, -0.1) is 0 Å². The molecule has 1 aliphatic heterocycles. The number of amides is 1. The Balaban J connectivity index is 1.74. The number of nitrogens with one attached hydrogen (secondary N) is 2. The van der Waals surface area contributed by atoms with Crippen molar-refractivity contribution in [2.45, 2.75) is 50.4 Å². The maximum Gasteiger partial charge on any atom is 0.237 e. The van der Waals surface area contributed by atoms with E-state index in [0.717, 1.165) is 32.0 Å². The molecule has 5 heteroatoms. The van der Waals surface area contributed by atoms with Crippen molar-refractivity contribution in [1.29, 1.82) is 0 Å². The van der Waals surface area contributed by atoms with Gasteiger partial charge in [0, 0.05) is 24.9 Å². The molecule has 1 saturated heterocycles. The van der Waals surface area contributed by atoms with Crippen LogP contribution in [-0.2, 0) is 9.59 Å². The minimum Gasteiger partial charge on any atom is -0.352 e. The second-order valence-corrected chi connectivity index (χ2v) is 5.05. The molecule has 2 rings (SSSR count). The lowest BCUT2D eigenvalue weighted by Crippen LogP contribution is -2.46. The fraction of sp³-hybridized carbons (Fsp3) is 0.833. The van der Waals surface area contributed by atoms with Crippen LogP contribution in [-0.4, -0.2) is 37.0 Å². The van der Waals surface area contributed by atoms with Crippen molar-refractivity contribution in [3.63, 3.8) is 0 Å². The summed E-state index contributed by atoms with van der Waals surface area (Å²) < 4.78 is 12.9. The first-order chi connectivity index (χ1) is 8.19. The van der Waals surface area contributed by atoms with E-state index in [1.54, 1.807) is 0 Å². The fourth-order valence-electron chi connectivity index (χ4n) is 2.59. The van der Waals surface area contributed by atoms with E-state index < -0.39 is 6.17 Å². The summed E-state index contributed by atoms with van der Waals surface area (Å²) in [6.07, 6.45) is 3.76. The van der Waals surface area contributed by atoms with E-state index in [1.807, 2.05) is 0 Å². The van der Waals surface area contributed by atoms with Gasteiger partial charge in [-0.05, 0) is 25.7 Å². The number of carbonyl (C=O) groups is 2. The van der Waals surface area contributed by atoms with Crippen molar-refractivity contribution in [2.24, 2.45) is 5.92 Å². The average molecular weight is 242 g/mol. The Morgan fingerprint density at radius 3 is 2.53 bits per heavy atom. The van der Waals surface area contributed by atoms with Crippen LogP contribution in [0.1, 0.15) is 32.1 Å². The first kappa shape index (κ1) is 12.5. The zero-order chi connectivity index (χ0) is 12.3. The summed E-state index contributed by atoms with van der Waals surface area (Å²) in [5, 5.41) is 5.81. The Morgan fingerprint density at radius 2 is 2.00 bits per heavy atom. The van der Waals surface area contributed by atoms with E-state index in [-0.39, 0.29) is 36.9 Å². The summed E-state index contributed by atoms with van der Waals surface area (Å²) in [4.78, 5) is 22.4. The zero-order valence-electron chi connectivity index (χ0n) is 9.82. The van der Waals surface area contributed by atoms with E-state index in [9.17, 15) is 14.0 Å². The minimum absolute atomic E-state index is 0.0975. The molecule has 0 unspecified atom stereocenters. The van der Waals surface area contributed by atoms with Gasteiger partial charge in [-0.3, -0.25) is 4.79 Å². The molecule has 0 aromatic heterocycles. The average Bonchev–Trinajstić information content (AvgIpc) is 2.77. The quantitative estimate of drug-likeness (QED) is 0.711. The van der Waals surface area contributed by atoms with Gasteiger partial charge in [-0.1, -0.05) is 0 Å². The highest BCUT2D eigenvalue weighted by molar-refractivity contribution is 5.82. The van der Waals surface area contributed by atoms with Crippen LogP contribution in [0.15, 0.2) is 0 Å². The van der Waals surface area contributed by atoms with Crippen LogP contribution in [0.4, 0.5) is 4.39 Å². The topological polar surface area (TPSA) is 58.2 Å². The van der Waals surface area contributed by atoms with Gasteiger partial charge in [-0.25, -0.2) is 4.39 Å². The predicted octanol–water partition coefficient (Wildman–Crippen LogP) is 0.560. The Kier molecular flexibility index (Phi) is 4.10. The molecule has 1 heterocycles. The maximum absolute atomic E-state index is 12.9. The van der Waals surface area contributed by atoms with Gasteiger partial charge < -0.3 is 15.4 Å². The smallest absolute Gasteiger partial charge is 0.237 e. The number of halogens is 1. The number of hydrogen-bond acceptors (Lipinski definition) is 3. The molecule has 2 aliphatic rings. The summed E-state index contributed by atoms with van der Waals surface area (Å²) in [5.74, 6) is 0.0580. The molecule has 96 valence electrons. The first-order valence-electron chi connectivity index (χ1n) is 6.32. The molecule has 2 fully saturated rings. The second-order valence-electron chi connectivity index (χ2n) is 5.05. The van der Waals surface area contributed by atoms with Crippen molar-refractivity contribution < 1.29 is 14.0 Å². The molecule has 1 aliphatic carbocycles. The molecule has 0 bridgehead atoms. The highest BCUT2D eigenvalue weighted by Crippen LogP contribution is 2.22.